The average Bonchev–Trinajstić information content (AvgIpc) is 2.87. The van der Waals surface area contributed by atoms with E-state index in [1.165, 1.54) is 4.68 Å². The van der Waals surface area contributed by atoms with Crippen LogP contribution in [0.3, 0.4) is 0 Å². The molecule has 2 rings (SSSR count). The molecule has 2 N–H and O–H groups in total. The van der Waals surface area contributed by atoms with Crippen molar-refractivity contribution in [1.29, 1.82) is 0 Å². The third-order valence-corrected chi connectivity index (χ3v) is 3.76. The zero-order valence-electron chi connectivity index (χ0n) is 16.9. The fraction of sp³-hybridized carbons (Fsp3) is 0.450. The highest BCUT2D eigenvalue weighted by Gasteiger charge is 2.23. The van der Waals surface area contributed by atoms with E-state index in [1.807, 2.05) is 30.3 Å². The molecule has 1 heterocycles. The lowest BCUT2D eigenvalue weighted by molar-refractivity contribution is 0.0492. The van der Waals surface area contributed by atoms with Crippen molar-refractivity contribution in [2.45, 2.75) is 52.8 Å². The second kappa shape index (κ2) is 8.77. The summed E-state index contributed by atoms with van der Waals surface area (Å²) in [4.78, 5) is 23.5. The van der Waals surface area contributed by atoms with E-state index < -0.39 is 17.7 Å². The van der Waals surface area contributed by atoms with Crippen molar-refractivity contribution >= 4 is 12.1 Å². The van der Waals surface area contributed by atoms with Gasteiger partial charge < -0.3 is 19.9 Å². The number of nitrogens with one attached hydrogen (secondary N) is 1. The quantitative estimate of drug-likeness (QED) is 0.754. The Balaban J connectivity index is 2.06. The number of benzene rings is 1. The van der Waals surface area contributed by atoms with Crippen LogP contribution in [-0.4, -0.2) is 45.2 Å². The molecule has 28 heavy (non-hydrogen) atoms. The fourth-order valence-electron chi connectivity index (χ4n) is 2.56. The summed E-state index contributed by atoms with van der Waals surface area (Å²) >= 11 is 0. The number of hydrogen-bond donors (Lipinski definition) is 2. The number of rotatable bonds is 7. The van der Waals surface area contributed by atoms with E-state index in [2.05, 4.69) is 10.4 Å². The van der Waals surface area contributed by atoms with Gasteiger partial charge in [-0.2, -0.15) is 0 Å². The highest BCUT2D eigenvalue weighted by molar-refractivity contribution is 5.88. The van der Waals surface area contributed by atoms with Crippen molar-refractivity contribution in [3.05, 3.63) is 47.2 Å². The Bertz CT molecular complexity index is 824. The van der Waals surface area contributed by atoms with Gasteiger partial charge in [-0.1, -0.05) is 30.3 Å². The molecular formula is C20H27N3O5. The van der Waals surface area contributed by atoms with Crippen LogP contribution in [-0.2, 0) is 11.3 Å². The van der Waals surface area contributed by atoms with Crippen molar-refractivity contribution in [3.63, 3.8) is 0 Å². The molecule has 0 saturated heterocycles. The molecule has 0 radical (unpaired) electrons. The Hall–Kier alpha value is -3.03. The molecule has 0 bridgehead atoms. The molecule has 0 fully saturated rings. The highest BCUT2D eigenvalue weighted by atomic mass is 16.6. The van der Waals surface area contributed by atoms with Crippen molar-refractivity contribution < 1.29 is 24.2 Å². The summed E-state index contributed by atoms with van der Waals surface area (Å²) in [5, 5.41) is 16.5. The molecule has 0 aliphatic rings. The van der Waals surface area contributed by atoms with Gasteiger partial charge in [-0.15, -0.1) is 5.10 Å². The zero-order valence-corrected chi connectivity index (χ0v) is 16.9. The zero-order chi connectivity index (χ0) is 20.9. The van der Waals surface area contributed by atoms with Gasteiger partial charge in [0.15, 0.2) is 5.69 Å². The van der Waals surface area contributed by atoms with E-state index in [1.54, 1.807) is 34.6 Å². The van der Waals surface area contributed by atoms with E-state index in [4.69, 9.17) is 9.47 Å². The van der Waals surface area contributed by atoms with Gasteiger partial charge in [0, 0.05) is 5.56 Å². The number of carboxylic acid groups (broad SMARTS) is 1. The average molecular weight is 389 g/mol. The number of carboxylic acids is 1. The third-order valence-electron chi connectivity index (χ3n) is 3.76. The number of alkyl carbamates (subject to hydrolysis) is 1. The van der Waals surface area contributed by atoms with Gasteiger partial charge in [-0.05, 0) is 40.2 Å². The van der Waals surface area contributed by atoms with Crippen LogP contribution in [0.1, 0.15) is 49.3 Å². The Morgan fingerprint density at radius 2 is 1.89 bits per heavy atom. The molecule has 1 aromatic carbocycles. The van der Waals surface area contributed by atoms with E-state index in [9.17, 15) is 14.7 Å². The van der Waals surface area contributed by atoms with Crippen LogP contribution < -0.4 is 10.1 Å². The summed E-state index contributed by atoms with van der Waals surface area (Å²) < 4.78 is 12.3. The fourth-order valence-corrected chi connectivity index (χ4v) is 2.56. The van der Waals surface area contributed by atoms with Crippen LogP contribution >= 0.6 is 0 Å². The second-order valence-corrected chi connectivity index (χ2v) is 7.59. The maximum atomic E-state index is 11.8. The van der Waals surface area contributed by atoms with E-state index in [-0.39, 0.29) is 24.2 Å². The molecule has 8 heteroatoms. The van der Waals surface area contributed by atoms with Crippen molar-refractivity contribution in [2.24, 2.45) is 0 Å². The van der Waals surface area contributed by atoms with Gasteiger partial charge in [0.2, 0.25) is 5.88 Å². The van der Waals surface area contributed by atoms with Crippen LogP contribution in [0.15, 0.2) is 30.3 Å². The first kappa shape index (κ1) is 21.3. The highest BCUT2D eigenvalue weighted by Crippen LogP contribution is 2.22. The molecule has 0 spiro atoms. The maximum Gasteiger partial charge on any atom is 0.407 e. The lowest BCUT2D eigenvalue weighted by Crippen LogP contribution is -2.40. The number of carbonyl (C=O) groups is 2. The Kier molecular flexibility index (Phi) is 6.66. The van der Waals surface area contributed by atoms with E-state index in [0.29, 0.717) is 12.1 Å². The minimum atomic E-state index is -1.07. The monoisotopic (exact) mass is 389 g/mol. The summed E-state index contributed by atoms with van der Waals surface area (Å²) in [5.74, 6) is -0.845. The van der Waals surface area contributed by atoms with Crippen LogP contribution in [0.4, 0.5) is 4.79 Å². The van der Waals surface area contributed by atoms with Gasteiger partial charge in [0.05, 0.1) is 12.6 Å². The number of nitrogens with zero attached hydrogens (tertiary/aromatic N) is 2. The standard InChI is InChI=1S/C20H27N3O5/c1-13(21-19(26)28-20(3,4)5)12-27-17-14(2)16(18(24)25)23(22-17)11-15-9-7-6-8-10-15/h6-10,13H,11-12H2,1-5H3,(H,21,26)(H,24,25)/t13-/m0/s1. The number of aromatic nitrogens is 2. The molecule has 1 aromatic heterocycles. The molecule has 2 aromatic rings. The minimum Gasteiger partial charge on any atom is -0.477 e. The van der Waals surface area contributed by atoms with Crippen LogP contribution in [0.2, 0.25) is 0 Å². The molecule has 0 unspecified atom stereocenters. The van der Waals surface area contributed by atoms with E-state index in [0.717, 1.165) is 5.56 Å². The topological polar surface area (TPSA) is 103 Å². The first-order valence-corrected chi connectivity index (χ1v) is 9.03. The smallest absolute Gasteiger partial charge is 0.407 e. The van der Waals surface area contributed by atoms with Crippen LogP contribution in [0.5, 0.6) is 5.88 Å². The van der Waals surface area contributed by atoms with Gasteiger partial charge >= 0.3 is 12.1 Å². The first-order valence-electron chi connectivity index (χ1n) is 9.03. The molecule has 0 aliphatic heterocycles. The number of aromatic carboxylic acids is 1. The predicted molar refractivity (Wildman–Crippen MR) is 104 cm³/mol. The Morgan fingerprint density at radius 1 is 1.25 bits per heavy atom. The predicted octanol–water partition coefficient (Wildman–Crippen LogP) is 3.23. The third kappa shape index (κ3) is 6.00. The summed E-state index contributed by atoms with van der Waals surface area (Å²) in [6.45, 7) is 9.20. The first-order chi connectivity index (χ1) is 13.1. The van der Waals surface area contributed by atoms with Gasteiger partial charge in [0.1, 0.15) is 12.2 Å². The Morgan fingerprint density at radius 3 is 2.46 bits per heavy atom. The molecule has 1 atom stereocenters. The lowest BCUT2D eigenvalue weighted by Gasteiger charge is -2.21. The second-order valence-electron chi connectivity index (χ2n) is 7.59. The van der Waals surface area contributed by atoms with Crippen molar-refractivity contribution in [1.82, 2.24) is 15.1 Å². The summed E-state index contributed by atoms with van der Waals surface area (Å²) in [6, 6.07) is 9.11. The number of hydrogen-bond acceptors (Lipinski definition) is 5. The summed E-state index contributed by atoms with van der Waals surface area (Å²) in [7, 11) is 0. The maximum absolute atomic E-state index is 11.8. The number of amides is 1. The molecule has 152 valence electrons. The SMILES string of the molecule is Cc1c(OC[C@H](C)NC(=O)OC(C)(C)C)nn(Cc2ccccc2)c1C(=O)O. The number of ether oxygens (including phenoxy) is 2. The van der Waals surface area contributed by atoms with Gasteiger partial charge in [-0.25, -0.2) is 14.3 Å². The minimum absolute atomic E-state index is 0.0756. The Labute approximate surface area is 164 Å². The van der Waals surface area contributed by atoms with E-state index >= 15 is 0 Å². The van der Waals surface area contributed by atoms with Crippen LogP contribution in [0, 0.1) is 6.92 Å². The van der Waals surface area contributed by atoms with Crippen molar-refractivity contribution in [3.8, 4) is 5.88 Å². The molecule has 1 amide bonds. The van der Waals surface area contributed by atoms with Gasteiger partial charge in [0.25, 0.3) is 0 Å². The molecule has 0 saturated carbocycles. The normalized spacial score (nSPS) is 12.3. The molecule has 8 nitrogen and oxygen atoms in total. The number of carbonyl (C=O) groups excluding carboxylic acids is 1. The summed E-state index contributed by atoms with van der Waals surface area (Å²) in [6.07, 6.45) is -0.541. The summed E-state index contributed by atoms with van der Waals surface area (Å²) in [5.41, 5.74) is 0.854. The van der Waals surface area contributed by atoms with Crippen LogP contribution in [0.25, 0.3) is 0 Å². The van der Waals surface area contributed by atoms with Crippen molar-refractivity contribution in [2.75, 3.05) is 6.61 Å². The molecule has 0 aliphatic carbocycles. The molecular weight excluding hydrogens is 362 g/mol. The lowest BCUT2D eigenvalue weighted by atomic mass is 10.2. The largest absolute Gasteiger partial charge is 0.477 e. The van der Waals surface area contributed by atoms with Gasteiger partial charge in [-0.3, -0.25) is 0 Å².